The number of benzene rings is 1. The van der Waals surface area contributed by atoms with Crippen molar-refractivity contribution in [2.45, 2.75) is 0 Å². The van der Waals surface area contributed by atoms with Crippen LogP contribution in [0.5, 0.6) is 0 Å². The molecule has 15 nitrogen and oxygen atoms in total. The third-order valence-electron chi connectivity index (χ3n) is 11.8. The number of aromatic nitrogens is 9. The molecule has 3 fully saturated rings. The second-order valence-electron chi connectivity index (χ2n) is 16.2. The predicted octanol–water partition coefficient (Wildman–Crippen LogP) is 10.2. The molecule has 352 valence electrons. The van der Waals surface area contributed by atoms with Crippen LogP contribution in [0.2, 0.25) is 0 Å². The van der Waals surface area contributed by atoms with Crippen LogP contribution in [0, 0.1) is 0 Å². The lowest BCUT2D eigenvalue weighted by atomic mass is 10.1. The van der Waals surface area contributed by atoms with Crippen LogP contribution < -0.4 is 14.7 Å². The third kappa shape index (κ3) is 10.1. The summed E-state index contributed by atoms with van der Waals surface area (Å²) in [5.41, 5.74) is 4.77. The minimum absolute atomic E-state index is 0.670. The number of hydrogen-bond acceptors (Lipinski definition) is 18. The van der Waals surface area contributed by atoms with Crippen LogP contribution in [0.25, 0.3) is 76.3 Å². The molecule has 9 aromatic heterocycles. The van der Waals surface area contributed by atoms with Crippen molar-refractivity contribution in [1.29, 1.82) is 0 Å². The van der Waals surface area contributed by atoms with Gasteiger partial charge in [0.1, 0.15) is 49.0 Å². The summed E-state index contributed by atoms with van der Waals surface area (Å²) in [5.74, 6) is 4.96. The number of fused-ring (bicyclic) bond motifs is 3. The second kappa shape index (κ2) is 21.7. The molecule has 10 aromatic rings. The van der Waals surface area contributed by atoms with Gasteiger partial charge in [0.25, 0.3) is 0 Å². The molecular formula is C51H45BrN12O3S3. The topological polar surface area (TPSA) is 153 Å². The maximum atomic E-state index is 5.55. The molecule has 1 aromatic carbocycles. The number of halogens is 1. The molecule has 0 bridgehead atoms. The first-order valence-corrected chi connectivity index (χ1v) is 26.3. The van der Waals surface area contributed by atoms with Gasteiger partial charge in [-0.1, -0.05) is 48.5 Å². The summed E-state index contributed by atoms with van der Waals surface area (Å²) in [7, 11) is 0. The molecular weight excluding hydrogens is 1000 g/mol. The van der Waals surface area contributed by atoms with Crippen LogP contribution in [0.3, 0.4) is 0 Å². The van der Waals surface area contributed by atoms with Crippen LogP contribution in [-0.2, 0) is 14.2 Å². The van der Waals surface area contributed by atoms with E-state index < -0.39 is 0 Å². The van der Waals surface area contributed by atoms with Crippen LogP contribution in [0.1, 0.15) is 0 Å². The zero-order valence-electron chi connectivity index (χ0n) is 37.8. The Labute approximate surface area is 424 Å². The minimum Gasteiger partial charge on any atom is -0.378 e. The van der Waals surface area contributed by atoms with E-state index in [1.54, 1.807) is 52.6 Å². The van der Waals surface area contributed by atoms with E-state index in [0.717, 1.165) is 149 Å². The number of nitrogens with zero attached hydrogens (tertiary/aromatic N) is 12. The molecule has 0 aliphatic carbocycles. The van der Waals surface area contributed by atoms with Crippen molar-refractivity contribution in [2.75, 3.05) is 93.6 Å². The number of morpholine rings is 3. The Morgan fingerprint density at radius 1 is 0.429 bits per heavy atom. The highest BCUT2D eigenvalue weighted by Crippen LogP contribution is 2.40. The van der Waals surface area contributed by atoms with Crippen molar-refractivity contribution < 1.29 is 14.2 Å². The van der Waals surface area contributed by atoms with Gasteiger partial charge in [0, 0.05) is 78.7 Å². The maximum absolute atomic E-state index is 5.55. The highest BCUT2D eigenvalue weighted by molar-refractivity contribution is 9.10. The zero-order valence-corrected chi connectivity index (χ0v) is 41.8. The van der Waals surface area contributed by atoms with E-state index in [2.05, 4.69) is 102 Å². The monoisotopic (exact) mass is 1050 g/mol. The van der Waals surface area contributed by atoms with Crippen molar-refractivity contribution in [3.8, 4) is 45.7 Å². The Balaban J connectivity index is 0.000000115. The van der Waals surface area contributed by atoms with Crippen molar-refractivity contribution in [2.24, 2.45) is 0 Å². The Bertz CT molecular complexity index is 3310. The Morgan fingerprint density at radius 2 is 0.871 bits per heavy atom. The molecule has 0 radical (unpaired) electrons. The lowest BCUT2D eigenvalue weighted by Crippen LogP contribution is -2.37. The van der Waals surface area contributed by atoms with E-state index in [-0.39, 0.29) is 0 Å². The van der Waals surface area contributed by atoms with Crippen LogP contribution in [0.4, 0.5) is 17.5 Å². The van der Waals surface area contributed by atoms with Crippen LogP contribution in [-0.4, -0.2) is 124 Å². The third-order valence-corrected chi connectivity index (χ3v) is 15.3. The number of hydrogen-bond donors (Lipinski definition) is 0. The Morgan fingerprint density at radius 3 is 1.39 bits per heavy atom. The van der Waals surface area contributed by atoms with Gasteiger partial charge in [0.05, 0.1) is 55.8 Å². The Kier molecular flexibility index (Phi) is 14.2. The largest absolute Gasteiger partial charge is 0.378 e. The van der Waals surface area contributed by atoms with E-state index in [1.807, 2.05) is 60.7 Å². The van der Waals surface area contributed by atoms with E-state index in [0.29, 0.717) is 17.5 Å². The van der Waals surface area contributed by atoms with Crippen LogP contribution >= 0.6 is 49.9 Å². The van der Waals surface area contributed by atoms with E-state index in [4.69, 9.17) is 34.1 Å². The average Bonchev–Trinajstić information content (AvgIpc) is 4.21. The molecule has 0 N–H and O–H groups in total. The van der Waals surface area contributed by atoms with Crippen molar-refractivity contribution in [1.82, 2.24) is 44.9 Å². The molecule has 0 unspecified atom stereocenters. The molecule has 3 saturated heterocycles. The highest BCUT2D eigenvalue weighted by Gasteiger charge is 2.24. The normalized spacial score (nSPS) is 15.1. The summed E-state index contributed by atoms with van der Waals surface area (Å²) >= 11 is 8.54. The summed E-state index contributed by atoms with van der Waals surface area (Å²) in [6.45, 7) is 9.46. The first kappa shape index (κ1) is 46.0. The standard InChI is InChI=1S/C21H18N4OS.C15H13BrN4OS.C15H14N4OS/c1-2-6-15(7-3-1)16-14-27-21-18(16)20(25-10-12-26-13-11-25)23-19(24-21)17-8-4-5-9-22-17;16-10-9-22-15-12(10)14(20-5-7-21-8-6-20)18-13(19-15)11-3-1-2-4-17-11;1-2-5-16-12(3-1)13-17-14(19-6-8-20-9-7-19)11-4-10-21-15(11)18-13/h1-9,14H,10-13H2;1-4,9H,5-8H2;1-5,10H,6-9H2. The lowest BCUT2D eigenvalue weighted by molar-refractivity contribution is 0.122. The van der Waals surface area contributed by atoms with Gasteiger partial charge in [0.15, 0.2) is 17.5 Å². The number of ether oxygens (including phenoxy) is 3. The lowest BCUT2D eigenvalue weighted by Gasteiger charge is -2.28. The molecule has 19 heteroatoms. The summed E-state index contributed by atoms with van der Waals surface area (Å²) in [6.07, 6.45) is 5.31. The highest BCUT2D eigenvalue weighted by atomic mass is 79.9. The quantitative estimate of drug-likeness (QED) is 0.149. The SMILES string of the molecule is Brc1csc2nc(-c3ccccn3)nc(N3CCOCC3)c12.c1ccc(-c2csc3nc(-c4ccccn4)nc(N4CCOCC4)c23)cc1.c1ccc(-c2nc(N3CCOCC3)c3ccsc3n2)nc1. The fraction of sp³-hybridized carbons (Fsp3) is 0.235. The van der Waals surface area contributed by atoms with Gasteiger partial charge < -0.3 is 28.9 Å². The van der Waals surface area contributed by atoms with E-state index in [9.17, 15) is 0 Å². The fourth-order valence-electron chi connectivity index (χ4n) is 8.34. The minimum atomic E-state index is 0.670. The molecule has 13 rings (SSSR count). The molecule has 3 aliphatic heterocycles. The summed E-state index contributed by atoms with van der Waals surface area (Å²) in [5, 5.41) is 9.61. The average molecular weight is 1050 g/mol. The molecule has 12 heterocycles. The van der Waals surface area contributed by atoms with E-state index in [1.165, 1.54) is 11.1 Å². The van der Waals surface area contributed by atoms with Gasteiger partial charge in [-0.05, 0) is 69.3 Å². The molecule has 0 amide bonds. The maximum Gasteiger partial charge on any atom is 0.181 e. The first-order chi connectivity index (χ1) is 34.6. The van der Waals surface area contributed by atoms with Gasteiger partial charge in [-0.25, -0.2) is 29.9 Å². The number of anilines is 3. The van der Waals surface area contributed by atoms with Gasteiger partial charge in [0.2, 0.25) is 0 Å². The number of rotatable bonds is 7. The van der Waals surface area contributed by atoms with Crippen molar-refractivity contribution in [3.05, 3.63) is 130 Å². The van der Waals surface area contributed by atoms with E-state index >= 15 is 0 Å². The number of thiophene rings is 3. The summed E-state index contributed by atoms with van der Waals surface area (Å²) in [4.78, 5) is 51.7. The molecule has 3 aliphatic rings. The molecule has 0 atom stereocenters. The summed E-state index contributed by atoms with van der Waals surface area (Å²) < 4.78 is 17.5. The second-order valence-corrected chi connectivity index (χ2v) is 19.6. The van der Waals surface area contributed by atoms with Gasteiger partial charge in [-0.3, -0.25) is 15.0 Å². The number of pyridine rings is 3. The fourth-order valence-corrected chi connectivity index (χ4v) is 11.6. The first-order valence-electron chi connectivity index (χ1n) is 22.9. The summed E-state index contributed by atoms with van der Waals surface area (Å²) in [6, 6.07) is 29.9. The molecule has 0 spiro atoms. The van der Waals surface area contributed by atoms with Crippen molar-refractivity contribution >= 4 is 98.0 Å². The predicted molar refractivity (Wildman–Crippen MR) is 284 cm³/mol. The van der Waals surface area contributed by atoms with Crippen molar-refractivity contribution in [3.63, 3.8) is 0 Å². The molecule has 70 heavy (non-hydrogen) atoms. The van der Waals surface area contributed by atoms with Gasteiger partial charge >= 0.3 is 0 Å². The molecule has 0 saturated carbocycles. The smallest absolute Gasteiger partial charge is 0.181 e. The zero-order chi connectivity index (χ0) is 47.1. The van der Waals surface area contributed by atoms with Gasteiger partial charge in [-0.2, -0.15) is 0 Å². The van der Waals surface area contributed by atoms with Gasteiger partial charge in [-0.15, -0.1) is 34.0 Å². The Hall–Kier alpha value is -6.45. The van der Waals surface area contributed by atoms with Crippen LogP contribution in [0.15, 0.2) is 130 Å².